The fraction of sp³-hybridized carbons (Fsp3) is 0.531. The van der Waals surface area contributed by atoms with Crippen LogP contribution in [0.2, 0.25) is 0 Å². The van der Waals surface area contributed by atoms with Gasteiger partial charge in [-0.1, -0.05) is 37.6 Å². The molecule has 2 aromatic carbocycles. The minimum Gasteiger partial charge on any atom is -0.491 e. The molecule has 4 rings (SSSR count). The van der Waals surface area contributed by atoms with E-state index in [1.807, 2.05) is 13.8 Å². The lowest BCUT2D eigenvalue weighted by Gasteiger charge is -2.42. The van der Waals surface area contributed by atoms with Crippen LogP contribution in [0.3, 0.4) is 0 Å². The number of nitrogens with zero attached hydrogens (tertiary/aromatic N) is 3. The summed E-state index contributed by atoms with van der Waals surface area (Å²) in [5.74, 6) is -0.525. The van der Waals surface area contributed by atoms with Gasteiger partial charge in [0.15, 0.2) is 0 Å². The van der Waals surface area contributed by atoms with E-state index < -0.39 is 59.5 Å². The van der Waals surface area contributed by atoms with Crippen molar-refractivity contribution in [1.82, 2.24) is 15.1 Å². The molecule has 4 amide bonds. The van der Waals surface area contributed by atoms with Gasteiger partial charge >= 0.3 is 18.4 Å². The summed E-state index contributed by atoms with van der Waals surface area (Å²) in [5, 5.41) is 12.6. The second kappa shape index (κ2) is 12.9. The van der Waals surface area contributed by atoms with Crippen LogP contribution in [0.15, 0.2) is 42.5 Å². The van der Waals surface area contributed by atoms with Crippen LogP contribution in [0.4, 0.5) is 36.8 Å². The van der Waals surface area contributed by atoms with Crippen LogP contribution in [-0.2, 0) is 27.1 Å². The lowest BCUT2D eigenvalue weighted by atomic mass is 9.89. The Kier molecular flexibility index (Phi) is 9.83. The average Bonchev–Trinajstić information content (AvgIpc) is 3.19. The molecule has 2 saturated heterocycles. The van der Waals surface area contributed by atoms with Crippen molar-refractivity contribution in [1.29, 1.82) is 0 Å². The third-order valence-electron chi connectivity index (χ3n) is 8.50. The van der Waals surface area contributed by atoms with Gasteiger partial charge in [-0.05, 0) is 63.4 Å². The van der Waals surface area contributed by atoms with E-state index >= 15 is 0 Å². The molecule has 47 heavy (non-hydrogen) atoms. The summed E-state index contributed by atoms with van der Waals surface area (Å²) >= 11 is 0. The smallest absolute Gasteiger partial charge is 0.430 e. The zero-order chi connectivity index (χ0) is 35.1. The summed E-state index contributed by atoms with van der Waals surface area (Å²) in [6.07, 6.45) is -11.5. The summed E-state index contributed by atoms with van der Waals surface area (Å²) in [4.78, 5) is 43.8. The highest BCUT2D eigenvalue weighted by Gasteiger charge is 2.71. The standard InChI is InChI=1S/C32H38F6N4O5/c1-6-7-21-16-23(30(46,31(33,34)35)32(36,37)38)10-13-25(21)40-14-15-41(20(4)17-40)26(43)18-42-27(44)29(5,39-28(42)45)22-8-11-24(12-9-22)47-19(2)3/h8-13,16,19-20,46H,6-7,14-15,17-18H2,1-5H3,(H,39,45)/t20-,29?/m0/s1. The molecule has 0 radical (unpaired) electrons. The Labute approximate surface area is 268 Å². The largest absolute Gasteiger partial charge is 0.491 e. The molecule has 258 valence electrons. The van der Waals surface area contributed by atoms with E-state index in [1.54, 1.807) is 49.9 Å². The number of nitrogens with one attached hydrogen (secondary N) is 1. The van der Waals surface area contributed by atoms with Gasteiger partial charge in [0.2, 0.25) is 5.91 Å². The van der Waals surface area contributed by atoms with E-state index in [1.165, 1.54) is 4.90 Å². The number of ether oxygens (including phenoxy) is 1. The highest BCUT2D eigenvalue weighted by atomic mass is 19.4. The van der Waals surface area contributed by atoms with Crippen molar-refractivity contribution in [3.63, 3.8) is 0 Å². The molecule has 0 saturated carbocycles. The number of aryl methyl sites for hydroxylation is 1. The van der Waals surface area contributed by atoms with E-state index in [4.69, 9.17) is 4.74 Å². The monoisotopic (exact) mass is 672 g/mol. The molecular weight excluding hydrogens is 634 g/mol. The third-order valence-corrected chi connectivity index (χ3v) is 8.50. The van der Waals surface area contributed by atoms with Crippen molar-refractivity contribution in [2.75, 3.05) is 31.1 Å². The Morgan fingerprint density at radius 3 is 2.19 bits per heavy atom. The van der Waals surface area contributed by atoms with E-state index in [0.717, 1.165) is 17.0 Å². The van der Waals surface area contributed by atoms with E-state index in [2.05, 4.69) is 5.32 Å². The number of carbonyl (C=O) groups excluding carboxylic acids is 3. The molecule has 0 aliphatic carbocycles. The van der Waals surface area contributed by atoms with Crippen LogP contribution in [0, 0.1) is 0 Å². The molecule has 2 aliphatic rings. The second-order valence-electron chi connectivity index (χ2n) is 12.3. The number of alkyl halides is 6. The molecule has 2 heterocycles. The number of aliphatic hydroxyl groups is 1. The molecule has 0 aromatic heterocycles. The minimum atomic E-state index is -6.01. The van der Waals surface area contributed by atoms with Crippen LogP contribution >= 0.6 is 0 Å². The van der Waals surface area contributed by atoms with E-state index in [0.29, 0.717) is 29.5 Å². The molecule has 15 heteroatoms. The molecule has 2 atom stereocenters. The summed E-state index contributed by atoms with van der Waals surface area (Å²) in [6.45, 7) is 8.65. The van der Waals surface area contributed by atoms with Gasteiger partial charge in [-0.15, -0.1) is 0 Å². The van der Waals surface area contributed by atoms with Gasteiger partial charge in [0.05, 0.1) is 6.10 Å². The third kappa shape index (κ3) is 6.72. The van der Waals surface area contributed by atoms with Crippen LogP contribution in [0.25, 0.3) is 0 Å². The predicted octanol–water partition coefficient (Wildman–Crippen LogP) is 5.24. The van der Waals surface area contributed by atoms with Crippen molar-refractivity contribution in [2.45, 2.75) is 83.1 Å². The van der Waals surface area contributed by atoms with E-state index in [9.17, 15) is 45.8 Å². The maximum Gasteiger partial charge on any atom is 0.430 e. The van der Waals surface area contributed by atoms with Gasteiger partial charge in [0, 0.05) is 36.9 Å². The minimum absolute atomic E-state index is 0.0583. The molecule has 2 N–H and O–H groups in total. The zero-order valence-corrected chi connectivity index (χ0v) is 26.6. The Bertz CT molecular complexity index is 1480. The van der Waals surface area contributed by atoms with Gasteiger partial charge in [-0.2, -0.15) is 26.3 Å². The Morgan fingerprint density at radius 1 is 1.04 bits per heavy atom. The molecule has 2 aliphatic heterocycles. The maximum atomic E-state index is 13.5. The Hall–Kier alpha value is -4.01. The van der Waals surface area contributed by atoms with Crippen molar-refractivity contribution >= 4 is 23.5 Å². The molecule has 0 spiro atoms. The number of hydrogen-bond acceptors (Lipinski definition) is 6. The quantitative estimate of drug-likeness (QED) is 0.279. The number of hydrogen-bond donors (Lipinski definition) is 2. The summed E-state index contributed by atoms with van der Waals surface area (Å²) in [7, 11) is 0. The van der Waals surface area contributed by atoms with Gasteiger partial charge in [-0.3, -0.25) is 14.5 Å². The molecule has 1 unspecified atom stereocenters. The highest BCUT2D eigenvalue weighted by Crippen LogP contribution is 2.50. The molecule has 0 bridgehead atoms. The van der Waals surface area contributed by atoms with Crippen molar-refractivity contribution < 1.29 is 50.6 Å². The van der Waals surface area contributed by atoms with Crippen LogP contribution in [0.1, 0.15) is 57.7 Å². The lowest BCUT2D eigenvalue weighted by molar-refractivity contribution is -0.376. The number of anilines is 1. The number of piperazine rings is 1. The van der Waals surface area contributed by atoms with Crippen LogP contribution < -0.4 is 15.0 Å². The van der Waals surface area contributed by atoms with Gasteiger partial charge in [0.25, 0.3) is 11.5 Å². The Balaban J connectivity index is 1.48. The number of halogens is 6. The maximum absolute atomic E-state index is 13.5. The van der Waals surface area contributed by atoms with Gasteiger partial charge in [0.1, 0.15) is 17.8 Å². The average molecular weight is 673 g/mol. The van der Waals surface area contributed by atoms with Gasteiger partial charge < -0.3 is 25.0 Å². The lowest BCUT2D eigenvalue weighted by Crippen LogP contribution is -2.56. The molecule has 9 nitrogen and oxygen atoms in total. The summed E-state index contributed by atoms with van der Waals surface area (Å²) in [5.41, 5.74) is -6.71. The zero-order valence-electron chi connectivity index (χ0n) is 26.6. The first-order valence-electron chi connectivity index (χ1n) is 15.2. The summed E-state index contributed by atoms with van der Waals surface area (Å²) < 4.78 is 86.8. The summed E-state index contributed by atoms with van der Waals surface area (Å²) in [6, 6.07) is 7.95. The van der Waals surface area contributed by atoms with Crippen molar-refractivity contribution in [3.8, 4) is 5.75 Å². The van der Waals surface area contributed by atoms with Crippen molar-refractivity contribution in [2.24, 2.45) is 0 Å². The van der Waals surface area contributed by atoms with Crippen molar-refractivity contribution in [3.05, 3.63) is 59.2 Å². The SMILES string of the molecule is CCCc1cc(C(O)(C(F)(F)F)C(F)(F)F)ccc1N1CCN(C(=O)CN2C(=O)NC(C)(c3ccc(OC(C)C)cc3)C2=O)[C@@H](C)C1. The van der Waals surface area contributed by atoms with Crippen LogP contribution in [0.5, 0.6) is 5.75 Å². The normalized spacial score (nSPS) is 21.0. The van der Waals surface area contributed by atoms with Gasteiger partial charge in [-0.25, -0.2) is 4.79 Å². The number of carbonyl (C=O) groups is 3. The topological polar surface area (TPSA) is 102 Å². The number of imide groups is 1. The molecular formula is C32H38F6N4O5. The fourth-order valence-corrected chi connectivity index (χ4v) is 6.02. The molecule has 2 aromatic rings. The number of urea groups is 1. The second-order valence-corrected chi connectivity index (χ2v) is 12.3. The Morgan fingerprint density at radius 2 is 1.66 bits per heavy atom. The number of benzene rings is 2. The molecule has 2 fully saturated rings. The first kappa shape index (κ1) is 35.8. The first-order valence-corrected chi connectivity index (χ1v) is 15.2. The van der Waals surface area contributed by atoms with Crippen LogP contribution in [-0.4, -0.2) is 83.4 Å². The van der Waals surface area contributed by atoms with E-state index in [-0.39, 0.29) is 37.7 Å². The first-order chi connectivity index (χ1) is 21.7. The predicted molar refractivity (Wildman–Crippen MR) is 160 cm³/mol. The highest BCUT2D eigenvalue weighted by molar-refractivity contribution is 6.09. The number of amides is 4. The fourth-order valence-electron chi connectivity index (χ4n) is 6.02. The number of rotatable bonds is 9.